The molecule has 0 bridgehead atoms. The molecule has 1 fully saturated rings. The highest BCUT2D eigenvalue weighted by atomic mass is 16.3. The minimum absolute atomic E-state index is 0.119. The summed E-state index contributed by atoms with van der Waals surface area (Å²) in [5.41, 5.74) is 2.60. The number of aromatic hydroxyl groups is 1. The van der Waals surface area contributed by atoms with Gasteiger partial charge in [-0.25, -0.2) is 0 Å². The molecule has 6 nitrogen and oxygen atoms in total. The Morgan fingerprint density at radius 2 is 1.64 bits per heavy atom. The molecule has 2 N–H and O–H groups in total. The summed E-state index contributed by atoms with van der Waals surface area (Å²) in [7, 11) is 0. The Bertz CT molecular complexity index is 977. The first-order valence-corrected chi connectivity index (χ1v) is 9.18. The molecule has 0 saturated carbocycles. The van der Waals surface area contributed by atoms with Crippen molar-refractivity contribution in [3.05, 3.63) is 65.7 Å². The van der Waals surface area contributed by atoms with Gasteiger partial charge in [-0.1, -0.05) is 11.6 Å². The molecule has 4 rings (SSSR count). The molecule has 1 aliphatic heterocycles. The number of rotatable bonds is 3. The Morgan fingerprint density at radius 1 is 1.00 bits per heavy atom. The van der Waals surface area contributed by atoms with Crippen LogP contribution in [0.5, 0.6) is 5.75 Å². The topological polar surface area (TPSA) is 86.7 Å². The Morgan fingerprint density at radius 3 is 2.32 bits per heavy atom. The van der Waals surface area contributed by atoms with Crippen LogP contribution in [0.2, 0.25) is 0 Å². The summed E-state index contributed by atoms with van der Waals surface area (Å²) in [4.78, 5) is 39.1. The Hall–Kier alpha value is -3.41. The van der Waals surface area contributed by atoms with Gasteiger partial charge in [-0.3, -0.25) is 19.3 Å². The van der Waals surface area contributed by atoms with Gasteiger partial charge in [0, 0.05) is 11.3 Å². The number of hydrogen-bond donors (Lipinski definition) is 2. The Balaban J connectivity index is 1.50. The molecule has 2 aromatic rings. The molecule has 0 radical (unpaired) electrons. The predicted molar refractivity (Wildman–Crippen MR) is 105 cm³/mol. The van der Waals surface area contributed by atoms with Crippen molar-refractivity contribution in [2.75, 3.05) is 10.2 Å². The quantitative estimate of drug-likeness (QED) is 0.488. The Kier molecular flexibility index (Phi) is 4.47. The van der Waals surface area contributed by atoms with Crippen LogP contribution >= 0.6 is 0 Å². The predicted octanol–water partition coefficient (Wildman–Crippen LogP) is 3.49. The van der Waals surface area contributed by atoms with E-state index in [-0.39, 0.29) is 35.3 Å². The van der Waals surface area contributed by atoms with Crippen LogP contribution in [0.25, 0.3) is 0 Å². The van der Waals surface area contributed by atoms with Crippen molar-refractivity contribution < 1.29 is 19.5 Å². The van der Waals surface area contributed by atoms with Crippen molar-refractivity contribution >= 4 is 29.1 Å². The normalized spacial score (nSPS) is 21.3. The lowest BCUT2D eigenvalue weighted by molar-refractivity contribution is -0.122. The summed E-state index contributed by atoms with van der Waals surface area (Å²) >= 11 is 0. The molecule has 1 aliphatic carbocycles. The second-order valence-electron chi connectivity index (χ2n) is 7.26. The molecule has 0 spiro atoms. The number of anilines is 2. The van der Waals surface area contributed by atoms with Crippen molar-refractivity contribution in [1.82, 2.24) is 0 Å². The molecule has 0 aromatic heterocycles. The molecule has 28 heavy (non-hydrogen) atoms. The molecule has 6 heteroatoms. The van der Waals surface area contributed by atoms with Crippen LogP contribution in [0.3, 0.4) is 0 Å². The zero-order valence-electron chi connectivity index (χ0n) is 15.4. The number of phenols is 1. The standard InChI is InChI=1S/C22H20N2O4/c1-13-2-11-18-19(12-13)22(28)24(21(18)27)16-7-3-14(4-8-16)20(26)23-15-5-9-17(25)10-6-15/h2-10,18-19,25H,11-12H2,1H3,(H,23,26)/t18-,19+/m1/s1. The first-order chi connectivity index (χ1) is 13.4. The molecular weight excluding hydrogens is 356 g/mol. The summed E-state index contributed by atoms with van der Waals surface area (Å²) in [5, 5.41) is 12.0. The highest BCUT2D eigenvalue weighted by Crippen LogP contribution is 2.39. The van der Waals surface area contributed by atoms with Crippen LogP contribution < -0.4 is 10.2 Å². The first kappa shape index (κ1) is 18.0. The van der Waals surface area contributed by atoms with Gasteiger partial charge in [-0.05, 0) is 68.3 Å². The fourth-order valence-electron chi connectivity index (χ4n) is 3.80. The van der Waals surface area contributed by atoms with E-state index in [0.29, 0.717) is 29.8 Å². The maximum Gasteiger partial charge on any atom is 0.255 e. The van der Waals surface area contributed by atoms with E-state index in [1.165, 1.54) is 17.0 Å². The van der Waals surface area contributed by atoms with Crippen molar-refractivity contribution in [2.24, 2.45) is 11.8 Å². The number of imide groups is 1. The smallest absolute Gasteiger partial charge is 0.255 e. The average Bonchev–Trinajstić information content (AvgIpc) is 2.93. The largest absolute Gasteiger partial charge is 0.508 e. The summed E-state index contributed by atoms with van der Waals surface area (Å²) < 4.78 is 0. The number of fused-ring (bicyclic) bond motifs is 1. The zero-order valence-corrected chi connectivity index (χ0v) is 15.4. The number of benzene rings is 2. The lowest BCUT2D eigenvalue weighted by Gasteiger charge is -2.18. The van der Waals surface area contributed by atoms with Crippen LogP contribution in [-0.4, -0.2) is 22.8 Å². The third-order valence-corrected chi connectivity index (χ3v) is 5.34. The zero-order chi connectivity index (χ0) is 19.8. The summed E-state index contributed by atoms with van der Waals surface area (Å²) in [6, 6.07) is 12.6. The number of nitrogens with one attached hydrogen (secondary N) is 1. The molecule has 2 aromatic carbocycles. The molecule has 142 valence electrons. The van der Waals surface area contributed by atoms with Gasteiger partial charge < -0.3 is 10.4 Å². The molecular formula is C22H20N2O4. The minimum Gasteiger partial charge on any atom is -0.508 e. The molecule has 2 atom stereocenters. The van der Waals surface area contributed by atoms with E-state index < -0.39 is 0 Å². The second-order valence-corrected chi connectivity index (χ2v) is 7.26. The fraction of sp³-hybridized carbons (Fsp3) is 0.227. The lowest BCUT2D eigenvalue weighted by Crippen LogP contribution is -2.30. The van der Waals surface area contributed by atoms with E-state index >= 15 is 0 Å². The highest BCUT2D eigenvalue weighted by molar-refractivity contribution is 6.22. The van der Waals surface area contributed by atoms with E-state index in [1.54, 1.807) is 36.4 Å². The van der Waals surface area contributed by atoms with E-state index in [9.17, 15) is 19.5 Å². The monoisotopic (exact) mass is 376 g/mol. The van der Waals surface area contributed by atoms with Gasteiger partial charge in [-0.2, -0.15) is 0 Å². The minimum atomic E-state index is -0.315. The van der Waals surface area contributed by atoms with E-state index in [1.807, 2.05) is 13.0 Å². The summed E-state index contributed by atoms with van der Waals surface area (Å²) in [6.45, 7) is 1.98. The van der Waals surface area contributed by atoms with Crippen LogP contribution in [0, 0.1) is 11.8 Å². The van der Waals surface area contributed by atoms with E-state index in [0.717, 1.165) is 5.57 Å². The Labute approximate surface area is 162 Å². The number of carbonyl (C=O) groups excluding carboxylic acids is 3. The number of carbonyl (C=O) groups is 3. The van der Waals surface area contributed by atoms with Crippen LogP contribution in [0.1, 0.15) is 30.1 Å². The number of phenolic OH excluding ortho intramolecular Hbond substituents is 1. The van der Waals surface area contributed by atoms with Gasteiger partial charge in [0.25, 0.3) is 5.91 Å². The maximum atomic E-state index is 12.8. The van der Waals surface area contributed by atoms with Gasteiger partial charge >= 0.3 is 0 Å². The van der Waals surface area contributed by atoms with Gasteiger partial charge in [0.2, 0.25) is 11.8 Å². The van der Waals surface area contributed by atoms with Gasteiger partial charge in [-0.15, -0.1) is 0 Å². The summed E-state index contributed by atoms with van der Waals surface area (Å²) in [5.74, 6) is -1.09. The average molecular weight is 376 g/mol. The molecule has 0 unspecified atom stereocenters. The van der Waals surface area contributed by atoms with Gasteiger partial charge in [0.05, 0.1) is 17.5 Å². The van der Waals surface area contributed by atoms with Crippen LogP contribution in [-0.2, 0) is 9.59 Å². The third-order valence-electron chi connectivity index (χ3n) is 5.34. The van der Waals surface area contributed by atoms with Crippen molar-refractivity contribution in [3.8, 4) is 5.75 Å². The van der Waals surface area contributed by atoms with Gasteiger partial charge in [0.15, 0.2) is 0 Å². The highest BCUT2D eigenvalue weighted by Gasteiger charge is 2.48. The van der Waals surface area contributed by atoms with Crippen LogP contribution in [0.15, 0.2) is 60.2 Å². The molecule has 2 aliphatic rings. The number of nitrogens with zero attached hydrogens (tertiary/aromatic N) is 1. The maximum absolute atomic E-state index is 12.8. The molecule has 1 saturated heterocycles. The van der Waals surface area contributed by atoms with Gasteiger partial charge in [0.1, 0.15) is 5.75 Å². The number of amides is 3. The number of hydrogen-bond acceptors (Lipinski definition) is 4. The SMILES string of the molecule is CC1=CC[C@H]2C(=O)N(c3ccc(C(=O)Nc4ccc(O)cc4)cc3)C(=O)[C@H]2C1. The lowest BCUT2D eigenvalue weighted by atomic mass is 9.82. The van der Waals surface area contributed by atoms with E-state index in [2.05, 4.69) is 5.32 Å². The summed E-state index contributed by atoms with van der Waals surface area (Å²) in [6.07, 6.45) is 3.26. The van der Waals surface area contributed by atoms with Crippen molar-refractivity contribution in [1.29, 1.82) is 0 Å². The first-order valence-electron chi connectivity index (χ1n) is 9.18. The van der Waals surface area contributed by atoms with Crippen molar-refractivity contribution in [2.45, 2.75) is 19.8 Å². The van der Waals surface area contributed by atoms with Crippen molar-refractivity contribution in [3.63, 3.8) is 0 Å². The molecule has 3 amide bonds. The molecule has 1 heterocycles. The third kappa shape index (κ3) is 3.17. The second kappa shape index (κ2) is 6.96. The fourth-order valence-corrected chi connectivity index (χ4v) is 3.80. The number of allylic oxidation sites excluding steroid dienone is 2. The van der Waals surface area contributed by atoms with E-state index in [4.69, 9.17) is 0 Å². The van der Waals surface area contributed by atoms with Crippen LogP contribution in [0.4, 0.5) is 11.4 Å².